The van der Waals surface area contributed by atoms with Gasteiger partial charge in [0.1, 0.15) is 0 Å². The van der Waals surface area contributed by atoms with Gasteiger partial charge in [0.2, 0.25) is 0 Å². The second-order valence-corrected chi connectivity index (χ2v) is 7.05. The fourth-order valence-corrected chi connectivity index (χ4v) is 2.83. The Morgan fingerprint density at radius 1 is 1.03 bits per heavy atom. The molecule has 160 valence electrons. The van der Waals surface area contributed by atoms with Gasteiger partial charge in [-0.2, -0.15) is 0 Å². The van der Waals surface area contributed by atoms with Crippen molar-refractivity contribution < 1.29 is 23.5 Å². The number of amides is 2. The van der Waals surface area contributed by atoms with Crippen LogP contribution in [0.15, 0.2) is 65.3 Å². The third-order valence-corrected chi connectivity index (χ3v) is 4.75. The number of hydrogen-bond donors (Lipinski definition) is 2. The van der Waals surface area contributed by atoms with E-state index in [1.165, 1.54) is 19.3 Å². The lowest BCUT2D eigenvalue weighted by Gasteiger charge is -2.15. The predicted octanol–water partition coefficient (Wildman–Crippen LogP) is 4.59. The molecule has 0 fully saturated rings. The fourth-order valence-electron chi connectivity index (χ4n) is 2.83. The van der Waals surface area contributed by atoms with Gasteiger partial charge in [0.25, 0.3) is 11.8 Å². The molecule has 7 heteroatoms. The van der Waals surface area contributed by atoms with Gasteiger partial charge in [0.05, 0.1) is 11.8 Å². The van der Waals surface area contributed by atoms with Gasteiger partial charge in [0.15, 0.2) is 11.9 Å². The van der Waals surface area contributed by atoms with Crippen LogP contribution in [-0.4, -0.2) is 23.9 Å². The number of benzene rings is 2. The summed E-state index contributed by atoms with van der Waals surface area (Å²) in [6.45, 7) is 5.35. The molecule has 7 nitrogen and oxygen atoms in total. The molecule has 0 bridgehead atoms. The summed E-state index contributed by atoms with van der Waals surface area (Å²) >= 11 is 0. The van der Waals surface area contributed by atoms with Gasteiger partial charge < -0.3 is 19.8 Å². The summed E-state index contributed by atoms with van der Waals surface area (Å²) in [5, 5.41) is 5.43. The van der Waals surface area contributed by atoms with Crippen molar-refractivity contribution in [2.75, 3.05) is 10.6 Å². The van der Waals surface area contributed by atoms with Gasteiger partial charge in [-0.1, -0.05) is 25.1 Å². The molecule has 0 spiro atoms. The molecule has 0 saturated heterocycles. The van der Waals surface area contributed by atoms with Crippen molar-refractivity contribution in [2.24, 2.45) is 0 Å². The van der Waals surface area contributed by atoms with E-state index in [1.54, 1.807) is 43.3 Å². The smallest absolute Gasteiger partial charge is 0.338 e. The number of hydrogen-bond acceptors (Lipinski definition) is 5. The Morgan fingerprint density at radius 3 is 2.42 bits per heavy atom. The predicted molar refractivity (Wildman–Crippen MR) is 117 cm³/mol. The number of aryl methyl sites for hydroxylation is 2. The normalized spacial score (nSPS) is 11.5. The third-order valence-electron chi connectivity index (χ3n) is 4.75. The summed E-state index contributed by atoms with van der Waals surface area (Å²) in [4.78, 5) is 37.1. The van der Waals surface area contributed by atoms with E-state index in [-0.39, 0.29) is 11.3 Å². The van der Waals surface area contributed by atoms with E-state index in [0.717, 1.165) is 17.5 Å². The first-order chi connectivity index (χ1) is 14.9. The Hall–Kier alpha value is -3.87. The topological polar surface area (TPSA) is 97.6 Å². The molecular weight excluding hydrogens is 396 g/mol. The van der Waals surface area contributed by atoms with Crippen molar-refractivity contribution in [1.82, 2.24) is 0 Å². The van der Waals surface area contributed by atoms with Crippen LogP contribution in [0.5, 0.6) is 0 Å². The van der Waals surface area contributed by atoms with Crippen LogP contribution in [0, 0.1) is 6.92 Å². The number of rotatable bonds is 7. The monoisotopic (exact) mass is 420 g/mol. The first kappa shape index (κ1) is 21.8. The second kappa shape index (κ2) is 9.75. The van der Waals surface area contributed by atoms with Crippen LogP contribution >= 0.6 is 0 Å². The quantitative estimate of drug-likeness (QED) is 0.545. The van der Waals surface area contributed by atoms with Crippen LogP contribution < -0.4 is 10.6 Å². The molecule has 0 aliphatic carbocycles. The minimum absolute atomic E-state index is 0.157. The molecule has 0 aliphatic rings. The van der Waals surface area contributed by atoms with Crippen molar-refractivity contribution in [3.8, 4) is 0 Å². The van der Waals surface area contributed by atoms with Gasteiger partial charge >= 0.3 is 5.97 Å². The summed E-state index contributed by atoms with van der Waals surface area (Å²) in [6.07, 6.45) is 1.31. The largest absolute Gasteiger partial charge is 0.459 e. The molecule has 31 heavy (non-hydrogen) atoms. The van der Waals surface area contributed by atoms with E-state index in [9.17, 15) is 14.4 Å². The molecule has 0 radical (unpaired) electrons. The number of anilines is 2. The molecular formula is C24H24N2O5. The Bertz CT molecular complexity index is 1070. The molecule has 1 atom stereocenters. The highest BCUT2D eigenvalue weighted by atomic mass is 16.5. The molecule has 0 aliphatic heterocycles. The number of carbonyl (C=O) groups is 3. The highest BCUT2D eigenvalue weighted by molar-refractivity contribution is 6.03. The van der Waals surface area contributed by atoms with Crippen LogP contribution in [-0.2, 0) is 16.0 Å². The lowest BCUT2D eigenvalue weighted by molar-refractivity contribution is -0.123. The lowest BCUT2D eigenvalue weighted by Crippen LogP contribution is -2.30. The van der Waals surface area contributed by atoms with Crippen molar-refractivity contribution in [2.45, 2.75) is 33.3 Å². The van der Waals surface area contributed by atoms with E-state index in [2.05, 4.69) is 10.6 Å². The first-order valence-corrected chi connectivity index (χ1v) is 9.93. The Kier molecular flexibility index (Phi) is 6.87. The zero-order chi connectivity index (χ0) is 22.4. The van der Waals surface area contributed by atoms with Gasteiger partial charge in [-0.05, 0) is 67.8 Å². The van der Waals surface area contributed by atoms with Crippen molar-refractivity contribution in [1.29, 1.82) is 0 Å². The molecule has 1 aromatic heterocycles. The highest BCUT2D eigenvalue weighted by Crippen LogP contribution is 2.19. The first-order valence-electron chi connectivity index (χ1n) is 9.93. The zero-order valence-electron chi connectivity index (χ0n) is 17.6. The van der Waals surface area contributed by atoms with Gasteiger partial charge in [-0.15, -0.1) is 0 Å². The third kappa shape index (κ3) is 5.60. The number of furan rings is 1. The summed E-state index contributed by atoms with van der Waals surface area (Å²) in [5.41, 5.74) is 3.21. The van der Waals surface area contributed by atoms with E-state index < -0.39 is 23.9 Å². The number of ether oxygens (including phenoxy) is 1. The minimum atomic E-state index is -0.999. The van der Waals surface area contributed by atoms with Crippen molar-refractivity contribution in [3.05, 3.63) is 83.3 Å². The maximum Gasteiger partial charge on any atom is 0.338 e. The van der Waals surface area contributed by atoms with E-state index in [4.69, 9.17) is 9.15 Å². The van der Waals surface area contributed by atoms with Crippen LogP contribution in [0.25, 0.3) is 0 Å². The Morgan fingerprint density at radius 2 is 1.77 bits per heavy atom. The number of nitrogens with one attached hydrogen (secondary N) is 2. The molecule has 2 amide bonds. The molecule has 2 N–H and O–H groups in total. The minimum Gasteiger partial charge on any atom is -0.459 e. The Labute approximate surface area is 180 Å². The molecule has 3 aromatic rings. The van der Waals surface area contributed by atoms with Crippen molar-refractivity contribution in [3.63, 3.8) is 0 Å². The molecule has 2 aromatic carbocycles. The fraction of sp³-hybridized carbons (Fsp3) is 0.208. The van der Waals surface area contributed by atoms with Crippen LogP contribution in [0.4, 0.5) is 11.4 Å². The van der Waals surface area contributed by atoms with E-state index >= 15 is 0 Å². The summed E-state index contributed by atoms with van der Waals surface area (Å²) in [6, 6.07) is 15.4. The maximum absolute atomic E-state index is 12.5. The zero-order valence-corrected chi connectivity index (χ0v) is 17.6. The van der Waals surface area contributed by atoms with Crippen molar-refractivity contribution >= 4 is 29.2 Å². The van der Waals surface area contributed by atoms with Gasteiger partial charge in [-0.3, -0.25) is 9.59 Å². The Balaban J connectivity index is 1.63. The molecule has 1 heterocycles. The van der Waals surface area contributed by atoms with E-state index in [0.29, 0.717) is 11.4 Å². The van der Waals surface area contributed by atoms with Crippen LogP contribution in [0.1, 0.15) is 45.9 Å². The molecule has 3 rings (SSSR count). The van der Waals surface area contributed by atoms with E-state index in [1.807, 2.05) is 19.1 Å². The summed E-state index contributed by atoms with van der Waals surface area (Å²) in [5.74, 6) is -1.38. The summed E-state index contributed by atoms with van der Waals surface area (Å²) < 4.78 is 10.4. The standard InChI is InChI=1S/C24H24N2O5/c1-4-17-8-11-19(12-9-17)25-22(27)16(3)31-24(29)18-10-7-15(2)20(14-18)26-23(28)21-6-5-13-30-21/h5-14,16H,4H2,1-3H3,(H,25,27)(H,26,28). The maximum atomic E-state index is 12.5. The van der Waals surface area contributed by atoms with Gasteiger partial charge in [0, 0.05) is 11.4 Å². The average molecular weight is 420 g/mol. The lowest BCUT2D eigenvalue weighted by atomic mass is 10.1. The molecule has 0 saturated carbocycles. The SMILES string of the molecule is CCc1ccc(NC(=O)C(C)OC(=O)c2ccc(C)c(NC(=O)c3ccco3)c2)cc1. The number of carbonyl (C=O) groups excluding carboxylic acids is 3. The number of esters is 1. The highest BCUT2D eigenvalue weighted by Gasteiger charge is 2.20. The second-order valence-electron chi connectivity index (χ2n) is 7.05. The summed E-state index contributed by atoms with van der Waals surface area (Å²) in [7, 11) is 0. The molecule has 1 unspecified atom stereocenters. The average Bonchev–Trinajstić information content (AvgIpc) is 3.30. The van der Waals surface area contributed by atoms with Crippen LogP contribution in [0.3, 0.4) is 0 Å². The van der Waals surface area contributed by atoms with Crippen LogP contribution in [0.2, 0.25) is 0 Å². The van der Waals surface area contributed by atoms with Gasteiger partial charge in [-0.25, -0.2) is 4.79 Å².